The molecule has 3 aromatic carbocycles. The molecule has 118 valence electrons. The van der Waals surface area contributed by atoms with Crippen LogP contribution >= 0.6 is 0 Å². The summed E-state index contributed by atoms with van der Waals surface area (Å²) in [6, 6.07) is 17.6. The molecule has 3 rings (SSSR count). The first kappa shape index (κ1) is 15.3. The fourth-order valence-electron chi connectivity index (χ4n) is 2.30. The van der Waals surface area contributed by atoms with Crippen molar-refractivity contribution in [2.45, 2.75) is 4.90 Å². The quantitative estimate of drug-likeness (QED) is 0.711. The third-order valence-electron chi connectivity index (χ3n) is 3.49. The molecule has 23 heavy (non-hydrogen) atoms. The fraction of sp³-hybridized carbons (Fsp3) is 0.0588. The number of ether oxygens (including phenoxy) is 1. The first-order valence-corrected chi connectivity index (χ1v) is 8.32. The van der Waals surface area contributed by atoms with E-state index in [1.54, 1.807) is 19.2 Å². The average Bonchev–Trinajstić information content (AvgIpc) is 2.54. The Morgan fingerprint density at radius 2 is 1.48 bits per heavy atom. The Hall–Kier alpha value is -2.57. The van der Waals surface area contributed by atoms with Gasteiger partial charge in [0.25, 0.3) is 10.1 Å². The maximum Gasteiger partial charge on any atom is 0.294 e. The van der Waals surface area contributed by atoms with Gasteiger partial charge in [0.15, 0.2) is 0 Å². The van der Waals surface area contributed by atoms with Crippen LogP contribution in [-0.2, 0) is 10.1 Å². The van der Waals surface area contributed by atoms with Crippen LogP contribution in [0.1, 0.15) is 0 Å². The van der Waals surface area contributed by atoms with E-state index in [0.29, 0.717) is 0 Å². The Labute approximate surface area is 134 Å². The fourth-order valence-corrected chi connectivity index (χ4v) is 2.82. The molecule has 2 N–H and O–H groups in total. The Morgan fingerprint density at radius 3 is 2.13 bits per heavy atom. The van der Waals surface area contributed by atoms with Gasteiger partial charge < -0.3 is 10.1 Å². The van der Waals surface area contributed by atoms with E-state index in [1.807, 2.05) is 36.4 Å². The molecule has 0 atom stereocenters. The smallest absolute Gasteiger partial charge is 0.294 e. The predicted molar refractivity (Wildman–Crippen MR) is 90.0 cm³/mol. The molecule has 0 aliphatic carbocycles. The molecule has 0 saturated heterocycles. The molecule has 0 aliphatic heterocycles. The minimum Gasteiger partial charge on any atom is -0.497 e. The molecule has 0 aromatic heterocycles. The molecule has 3 aromatic rings. The molecule has 0 unspecified atom stereocenters. The Balaban J connectivity index is 1.90. The number of nitrogens with one attached hydrogen (secondary N) is 1. The summed E-state index contributed by atoms with van der Waals surface area (Å²) in [5.41, 5.74) is 1.79. The molecule has 0 radical (unpaired) electrons. The van der Waals surface area contributed by atoms with E-state index in [9.17, 15) is 8.42 Å². The highest BCUT2D eigenvalue weighted by Gasteiger charge is 2.09. The van der Waals surface area contributed by atoms with Crippen molar-refractivity contribution < 1.29 is 17.7 Å². The van der Waals surface area contributed by atoms with Gasteiger partial charge in [-0.15, -0.1) is 0 Å². The molecule has 0 heterocycles. The van der Waals surface area contributed by atoms with Crippen molar-refractivity contribution in [2.75, 3.05) is 12.4 Å². The van der Waals surface area contributed by atoms with Gasteiger partial charge in [-0.3, -0.25) is 4.55 Å². The normalized spacial score (nSPS) is 11.4. The van der Waals surface area contributed by atoms with Crippen molar-refractivity contribution in [3.63, 3.8) is 0 Å². The van der Waals surface area contributed by atoms with E-state index in [0.717, 1.165) is 27.9 Å². The second-order valence-corrected chi connectivity index (χ2v) is 6.47. The lowest BCUT2D eigenvalue weighted by molar-refractivity contribution is 0.415. The highest BCUT2D eigenvalue weighted by Crippen LogP contribution is 2.25. The predicted octanol–water partition coefficient (Wildman–Crippen LogP) is 3.84. The summed E-state index contributed by atoms with van der Waals surface area (Å²) in [4.78, 5) is -0.110. The number of benzene rings is 3. The zero-order valence-electron chi connectivity index (χ0n) is 12.4. The summed E-state index contributed by atoms with van der Waals surface area (Å²) in [5.74, 6) is 0.784. The number of fused-ring (bicyclic) bond motifs is 1. The van der Waals surface area contributed by atoms with Crippen molar-refractivity contribution in [1.29, 1.82) is 0 Å². The van der Waals surface area contributed by atoms with Gasteiger partial charge in [0, 0.05) is 11.4 Å². The van der Waals surface area contributed by atoms with Crippen LogP contribution in [0.2, 0.25) is 0 Å². The number of methoxy groups -OCH3 is 1. The topological polar surface area (TPSA) is 75.6 Å². The van der Waals surface area contributed by atoms with Crippen LogP contribution in [0.25, 0.3) is 10.8 Å². The molecule has 6 heteroatoms. The van der Waals surface area contributed by atoms with E-state index >= 15 is 0 Å². The lowest BCUT2D eigenvalue weighted by Gasteiger charge is -2.09. The number of anilines is 2. The van der Waals surface area contributed by atoms with E-state index in [2.05, 4.69) is 5.32 Å². The van der Waals surface area contributed by atoms with Crippen molar-refractivity contribution in [3.8, 4) is 5.75 Å². The van der Waals surface area contributed by atoms with E-state index in [4.69, 9.17) is 9.29 Å². The monoisotopic (exact) mass is 329 g/mol. The van der Waals surface area contributed by atoms with Crippen LogP contribution in [0.3, 0.4) is 0 Å². The van der Waals surface area contributed by atoms with E-state index in [-0.39, 0.29) is 4.90 Å². The van der Waals surface area contributed by atoms with Crippen LogP contribution in [0.5, 0.6) is 5.75 Å². The molecular formula is C17H15NO4S. The standard InChI is InChI=1S/C17H15NO4S/c1-22-16-7-5-14(6-8-16)18-15-4-2-13-11-17(23(19,20)21)9-3-12(13)10-15/h2-11,18H,1H3,(H,19,20,21). The van der Waals surface area contributed by atoms with Gasteiger partial charge in [0.2, 0.25) is 0 Å². The van der Waals surface area contributed by atoms with Crippen molar-refractivity contribution in [3.05, 3.63) is 60.7 Å². The molecule has 0 amide bonds. The minimum atomic E-state index is -4.19. The van der Waals surface area contributed by atoms with Gasteiger partial charge in [-0.25, -0.2) is 0 Å². The largest absolute Gasteiger partial charge is 0.497 e. The zero-order valence-corrected chi connectivity index (χ0v) is 13.2. The molecule has 5 nitrogen and oxygen atoms in total. The van der Waals surface area contributed by atoms with Crippen molar-refractivity contribution >= 4 is 32.3 Å². The van der Waals surface area contributed by atoms with Crippen molar-refractivity contribution in [1.82, 2.24) is 0 Å². The Kier molecular flexibility index (Phi) is 3.94. The minimum absolute atomic E-state index is 0.110. The first-order chi connectivity index (χ1) is 11.0. The molecule has 0 bridgehead atoms. The van der Waals surface area contributed by atoms with Gasteiger partial charge >= 0.3 is 0 Å². The Morgan fingerprint density at radius 1 is 0.870 bits per heavy atom. The lowest BCUT2D eigenvalue weighted by Crippen LogP contribution is -1.97. The molecule has 0 spiro atoms. The van der Waals surface area contributed by atoms with E-state index in [1.165, 1.54) is 12.1 Å². The second-order valence-electron chi connectivity index (χ2n) is 5.05. The van der Waals surface area contributed by atoms with Gasteiger partial charge in [-0.2, -0.15) is 8.42 Å². The summed E-state index contributed by atoms with van der Waals surface area (Å²) in [6.07, 6.45) is 0. The number of hydrogen-bond acceptors (Lipinski definition) is 4. The van der Waals surface area contributed by atoms with Gasteiger partial charge in [-0.05, 0) is 59.3 Å². The summed E-state index contributed by atoms with van der Waals surface area (Å²) in [7, 11) is -2.57. The second kappa shape index (κ2) is 5.91. The average molecular weight is 329 g/mol. The van der Waals surface area contributed by atoms with Crippen molar-refractivity contribution in [2.24, 2.45) is 0 Å². The SMILES string of the molecule is COc1ccc(Nc2ccc3cc(S(=O)(=O)O)ccc3c2)cc1. The van der Waals surface area contributed by atoms with Crippen LogP contribution in [-0.4, -0.2) is 20.1 Å². The van der Waals surface area contributed by atoms with Crippen LogP contribution in [0, 0.1) is 0 Å². The van der Waals surface area contributed by atoms with Crippen LogP contribution < -0.4 is 10.1 Å². The maximum absolute atomic E-state index is 11.2. The van der Waals surface area contributed by atoms with Crippen LogP contribution in [0.15, 0.2) is 65.6 Å². The van der Waals surface area contributed by atoms with Gasteiger partial charge in [0.1, 0.15) is 5.75 Å². The zero-order chi connectivity index (χ0) is 16.4. The number of hydrogen-bond donors (Lipinski definition) is 2. The maximum atomic E-state index is 11.2. The summed E-state index contributed by atoms with van der Waals surface area (Å²) >= 11 is 0. The molecule has 0 saturated carbocycles. The molecule has 0 fully saturated rings. The van der Waals surface area contributed by atoms with E-state index < -0.39 is 10.1 Å². The third-order valence-corrected chi connectivity index (χ3v) is 4.34. The first-order valence-electron chi connectivity index (χ1n) is 6.88. The summed E-state index contributed by atoms with van der Waals surface area (Å²) < 4.78 is 36.5. The summed E-state index contributed by atoms with van der Waals surface area (Å²) in [5, 5.41) is 4.88. The highest BCUT2D eigenvalue weighted by molar-refractivity contribution is 7.85. The van der Waals surface area contributed by atoms with Crippen LogP contribution in [0.4, 0.5) is 11.4 Å². The Bertz CT molecular complexity index is 950. The number of rotatable bonds is 4. The van der Waals surface area contributed by atoms with Gasteiger partial charge in [-0.1, -0.05) is 12.1 Å². The lowest BCUT2D eigenvalue weighted by atomic mass is 10.1. The third kappa shape index (κ3) is 3.44. The highest BCUT2D eigenvalue weighted by atomic mass is 32.2. The molecular weight excluding hydrogens is 314 g/mol. The van der Waals surface area contributed by atoms with Gasteiger partial charge in [0.05, 0.1) is 12.0 Å². The summed E-state index contributed by atoms with van der Waals surface area (Å²) in [6.45, 7) is 0. The molecule has 0 aliphatic rings.